The largest absolute Gasteiger partial charge is 0.493 e. The molecule has 0 spiro atoms. The van der Waals surface area contributed by atoms with Gasteiger partial charge in [-0.3, -0.25) is 4.79 Å². The SMILES string of the molecule is CCCCCCCOc1ccc(Cl)cc1CNc1ccccc1-c1ccccc1C(N)=O. The fourth-order valence-electron chi connectivity index (χ4n) is 3.71. The first-order valence-corrected chi connectivity index (χ1v) is 11.6. The van der Waals surface area contributed by atoms with Crippen molar-refractivity contribution in [1.29, 1.82) is 0 Å². The number of rotatable bonds is 12. The first-order chi connectivity index (χ1) is 15.6. The average Bonchev–Trinajstić information content (AvgIpc) is 2.81. The number of nitrogens with two attached hydrogens (primary N) is 1. The Hall–Kier alpha value is -2.98. The highest BCUT2D eigenvalue weighted by Crippen LogP contribution is 2.32. The Bertz CT molecular complexity index is 1040. The van der Waals surface area contributed by atoms with Gasteiger partial charge in [0.25, 0.3) is 0 Å². The zero-order valence-electron chi connectivity index (χ0n) is 18.6. The molecule has 3 aromatic carbocycles. The molecule has 0 saturated heterocycles. The Morgan fingerprint density at radius 1 is 0.938 bits per heavy atom. The molecule has 32 heavy (non-hydrogen) atoms. The first-order valence-electron chi connectivity index (χ1n) is 11.2. The van der Waals surface area contributed by atoms with Crippen LogP contribution in [0.25, 0.3) is 11.1 Å². The lowest BCUT2D eigenvalue weighted by atomic mass is 9.97. The lowest BCUT2D eigenvalue weighted by molar-refractivity contribution is 0.100. The highest BCUT2D eigenvalue weighted by molar-refractivity contribution is 6.30. The third-order valence-corrected chi connectivity index (χ3v) is 5.64. The quantitative estimate of drug-likeness (QED) is 0.290. The number of para-hydroxylation sites is 1. The predicted molar refractivity (Wildman–Crippen MR) is 133 cm³/mol. The standard InChI is InChI=1S/C27H31ClN2O2/c1-2-3-4-5-10-17-32-26-16-15-21(28)18-20(26)19-30-25-14-9-8-12-23(25)22-11-6-7-13-24(22)27(29)31/h6-9,11-16,18,30H,2-5,10,17,19H2,1H3,(H2,29,31). The van der Waals surface area contributed by atoms with E-state index in [-0.39, 0.29) is 0 Å². The molecular formula is C27H31ClN2O2. The number of anilines is 1. The molecule has 0 unspecified atom stereocenters. The average molecular weight is 451 g/mol. The third-order valence-electron chi connectivity index (χ3n) is 5.41. The van der Waals surface area contributed by atoms with E-state index in [0.29, 0.717) is 23.7 Å². The number of carbonyl (C=O) groups is 1. The molecule has 4 nitrogen and oxygen atoms in total. The summed E-state index contributed by atoms with van der Waals surface area (Å²) in [6.07, 6.45) is 5.98. The minimum Gasteiger partial charge on any atom is -0.493 e. The van der Waals surface area contributed by atoms with Gasteiger partial charge in [-0.2, -0.15) is 0 Å². The van der Waals surface area contributed by atoms with Crippen LogP contribution in [0.1, 0.15) is 54.9 Å². The maximum atomic E-state index is 11.9. The van der Waals surface area contributed by atoms with Crippen LogP contribution in [0.15, 0.2) is 66.7 Å². The molecule has 3 aromatic rings. The van der Waals surface area contributed by atoms with E-state index in [9.17, 15) is 4.79 Å². The van der Waals surface area contributed by atoms with Crippen molar-refractivity contribution in [2.24, 2.45) is 5.73 Å². The molecule has 0 atom stereocenters. The zero-order valence-corrected chi connectivity index (χ0v) is 19.3. The Kier molecular flexibility index (Phi) is 9.00. The number of unbranched alkanes of at least 4 members (excludes halogenated alkanes) is 4. The van der Waals surface area contributed by atoms with Crippen LogP contribution in [-0.2, 0) is 6.54 Å². The van der Waals surface area contributed by atoms with E-state index in [1.165, 1.54) is 25.7 Å². The molecule has 0 aliphatic heterocycles. The van der Waals surface area contributed by atoms with E-state index >= 15 is 0 Å². The van der Waals surface area contributed by atoms with Crippen molar-refractivity contribution in [3.05, 3.63) is 82.9 Å². The summed E-state index contributed by atoms with van der Waals surface area (Å²) in [6, 6.07) is 21.0. The summed E-state index contributed by atoms with van der Waals surface area (Å²) in [4.78, 5) is 11.9. The van der Waals surface area contributed by atoms with Crippen molar-refractivity contribution >= 4 is 23.2 Å². The number of nitrogens with one attached hydrogen (secondary N) is 1. The molecule has 3 N–H and O–H groups in total. The van der Waals surface area contributed by atoms with E-state index < -0.39 is 5.91 Å². The van der Waals surface area contributed by atoms with Gasteiger partial charge in [-0.25, -0.2) is 0 Å². The molecule has 0 bridgehead atoms. The number of hydrogen-bond donors (Lipinski definition) is 2. The summed E-state index contributed by atoms with van der Waals surface area (Å²) in [6.45, 7) is 3.45. The van der Waals surface area contributed by atoms with E-state index in [4.69, 9.17) is 22.1 Å². The van der Waals surface area contributed by atoms with Crippen LogP contribution in [0.5, 0.6) is 5.75 Å². The van der Waals surface area contributed by atoms with Gasteiger partial charge in [0.15, 0.2) is 0 Å². The van der Waals surface area contributed by atoms with Crippen molar-refractivity contribution in [1.82, 2.24) is 0 Å². The number of primary amides is 1. The molecule has 0 heterocycles. The summed E-state index contributed by atoms with van der Waals surface area (Å²) in [5.41, 5.74) is 9.72. The third kappa shape index (κ3) is 6.51. The van der Waals surface area contributed by atoms with Crippen molar-refractivity contribution in [3.63, 3.8) is 0 Å². The summed E-state index contributed by atoms with van der Waals surface area (Å²) in [5, 5.41) is 4.16. The molecule has 0 fully saturated rings. The molecule has 0 saturated carbocycles. The molecule has 0 aromatic heterocycles. The van der Waals surface area contributed by atoms with Crippen molar-refractivity contribution in [3.8, 4) is 16.9 Å². The van der Waals surface area contributed by atoms with Gasteiger partial charge in [0.2, 0.25) is 5.91 Å². The van der Waals surface area contributed by atoms with Crippen LogP contribution >= 0.6 is 11.6 Å². The van der Waals surface area contributed by atoms with Gasteiger partial charge in [0, 0.05) is 33.9 Å². The summed E-state index contributed by atoms with van der Waals surface area (Å²) in [7, 11) is 0. The van der Waals surface area contributed by atoms with Gasteiger partial charge >= 0.3 is 0 Å². The van der Waals surface area contributed by atoms with Crippen LogP contribution < -0.4 is 15.8 Å². The molecule has 0 aliphatic rings. The van der Waals surface area contributed by atoms with Crippen LogP contribution in [0.2, 0.25) is 5.02 Å². The Morgan fingerprint density at radius 3 is 2.44 bits per heavy atom. The van der Waals surface area contributed by atoms with Gasteiger partial charge in [0.05, 0.1) is 6.61 Å². The molecule has 3 rings (SSSR count). The zero-order chi connectivity index (χ0) is 22.8. The van der Waals surface area contributed by atoms with Gasteiger partial charge in [-0.1, -0.05) is 80.6 Å². The van der Waals surface area contributed by atoms with Gasteiger partial charge in [-0.15, -0.1) is 0 Å². The van der Waals surface area contributed by atoms with Crippen LogP contribution in [0, 0.1) is 0 Å². The second kappa shape index (κ2) is 12.2. The number of ether oxygens (including phenoxy) is 1. The minimum absolute atomic E-state index is 0.445. The normalized spacial score (nSPS) is 10.7. The van der Waals surface area contributed by atoms with Gasteiger partial charge in [0.1, 0.15) is 5.75 Å². The number of benzene rings is 3. The Morgan fingerprint density at radius 2 is 1.66 bits per heavy atom. The smallest absolute Gasteiger partial charge is 0.249 e. The van der Waals surface area contributed by atoms with Crippen molar-refractivity contribution in [2.45, 2.75) is 45.6 Å². The van der Waals surface area contributed by atoms with E-state index in [1.807, 2.05) is 60.7 Å². The van der Waals surface area contributed by atoms with E-state index in [0.717, 1.165) is 34.5 Å². The van der Waals surface area contributed by atoms with E-state index in [1.54, 1.807) is 6.07 Å². The molecule has 1 amide bonds. The van der Waals surface area contributed by atoms with Crippen molar-refractivity contribution in [2.75, 3.05) is 11.9 Å². The maximum absolute atomic E-state index is 11.9. The number of halogens is 1. The topological polar surface area (TPSA) is 64.3 Å². The lowest BCUT2D eigenvalue weighted by Crippen LogP contribution is -2.12. The predicted octanol–water partition coefficient (Wildman–Crippen LogP) is 7.07. The summed E-state index contributed by atoms with van der Waals surface area (Å²) >= 11 is 6.27. The Balaban J connectivity index is 1.74. The fraction of sp³-hybridized carbons (Fsp3) is 0.296. The summed E-state index contributed by atoms with van der Waals surface area (Å²) in [5.74, 6) is 0.396. The van der Waals surface area contributed by atoms with E-state index in [2.05, 4.69) is 12.2 Å². The Labute approximate surface area is 195 Å². The monoisotopic (exact) mass is 450 g/mol. The molecule has 168 valence electrons. The number of amides is 1. The first kappa shape index (κ1) is 23.7. The van der Waals surface area contributed by atoms with Gasteiger partial charge < -0.3 is 15.8 Å². The molecule has 5 heteroatoms. The minimum atomic E-state index is -0.445. The number of carbonyl (C=O) groups excluding carboxylic acids is 1. The van der Waals surface area contributed by atoms with Crippen LogP contribution in [0.3, 0.4) is 0 Å². The molecule has 0 radical (unpaired) electrons. The molecule has 0 aliphatic carbocycles. The fourth-order valence-corrected chi connectivity index (χ4v) is 3.90. The highest BCUT2D eigenvalue weighted by atomic mass is 35.5. The highest BCUT2D eigenvalue weighted by Gasteiger charge is 2.13. The summed E-state index contributed by atoms with van der Waals surface area (Å²) < 4.78 is 6.07. The van der Waals surface area contributed by atoms with Crippen molar-refractivity contribution < 1.29 is 9.53 Å². The maximum Gasteiger partial charge on any atom is 0.249 e. The molecular weight excluding hydrogens is 420 g/mol. The number of hydrogen-bond acceptors (Lipinski definition) is 3. The van der Waals surface area contributed by atoms with Crippen LogP contribution in [-0.4, -0.2) is 12.5 Å². The van der Waals surface area contributed by atoms with Gasteiger partial charge in [-0.05, 0) is 42.3 Å². The second-order valence-electron chi connectivity index (χ2n) is 7.82. The lowest BCUT2D eigenvalue weighted by Gasteiger charge is -2.16. The second-order valence-corrected chi connectivity index (χ2v) is 8.26. The van der Waals surface area contributed by atoms with Crippen LogP contribution in [0.4, 0.5) is 5.69 Å².